The van der Waals surface area contributed by atoms with Crippen LogP contribution in [0.5, 0.6) is 5.75 Å². The molecule has 1 saturated heterocycles. The summed E-state index contributed by atoms with van der Waals surface area (Å²) < 4.78 is 19.0. The smallest absolute Gasteiger partial charge is 0.261 e. The van der Waals surface area contributed by atoms with Gasteiger partial charge in [0.05, 0.1) is 11.7 Å². The normalized spacial score (nSPS) is 21.5. The molecule has 2 atom stereocenters. The molecule has 1 aromatic carbocycles. The van der Waals surface area contributed by atoms with Crippen molar-refractivity contribution in [2.75, 3.05) is 6.61 Å². The van der Waals surface area contributed by atoms with Crippen LogP contribution < -0.4 is 4.74 Å². The van der Waals surface area contributed by atoms with Crippen LogP contribution in [0.2, 0.25) is 0 Å². The van der Waals surface area contributed by atoms with Crippen molar-refractivity contribution in [1.29, 1.82) is 0 Å². The van der Waals surface area contributed by atoms with E-state index in [9.17, 15) is 9.18 Å². The number of fused-ring (bicyclic) bond motifs is 4. The molecule has 2 aliphatic heterocycles. The van der Waals surface area contributed by atoms with E-state index in [2.05, 4.69) is 9.97 Å². The lowest BCUT2D eigenvalue weighted by molar-refractivity contribution is -0.137. The van der Waals surface area contributed by atoms with Gasteiger partial charge in [0.25, 0.3) is 5.91 Å². The Bertz CT molecular complexity index is 796. The van der Waals surface area contributed by atoms with Gasteiger partial charge in [0.1, 0.15) is 5.82 Å². The molecular formula is C18H18FN3O2. The Morgan fingerprint density at radius 2 is 2.21 bits per heavy atom. The first-order valence-corrected chi connectivity index (χ1v) is 8.14. The minimum Gasteiger partial charge on any atom is -0.481 e. The van der Waals surface area contributed by atoms with E-state index in [1.165, 1.54) is 12.1 Å². The van der Waals surface area contributed by atoms with Gasteiger partial charge in [-0.15, -0.1) is 0 Å². The van der Waals surface area contributed by atoms with Gasteiger partial charge in [-0.05, 0) is 31.9 Å². The Labute approximate surface area is 139 Å². The zero-order valence-corrected chi connectivity index (χ0v) is 13.4. The van der Waals surface area contributed by atoms with Gasteiger partial charge in [0, 0.05) is 24.2 Å². The number of para-hydroxylation sites is 1. The third kappa shape index (κ3) is 2.52. The number of aryl methyl sites for hydroxylation is 1. The van der Waals surface area contributed by atoms with Gasteiger partial charge in [-0.1, -0.05) is 12.1 Å². The summed E-state index contributed by atoms with van der Waals surface area (Å²) in [4.78, 5) is 23.3. The summed E-state index contributed by atoms with van der Waals surface area (Å²) >= 11 is 0. The quantitative estimate of drug-likeness (QED) is 0.869. The van der Waals surface area contributed by atoms with Crippen LogP contribution in [0.4, 0.5) is 4.39 Å². The van der Waals surface area contributed by atoms with E-state index in [1.807, 2.05) is 18.0 Å². The highest BCUT2D eigenvalue weighted by Crippen LogP contribution is 2.42. The molecule has 2 bridgehead atoms. The van der Waals surface area contributed by atoms with Crippen LogP contribution in [0.25, 0.3) is 0 Å². The number of ether oxygens (including phenoxy) is 1. The molecule has 0 radical (unpaired) electrons. The molecule has 2 aromatic rings. The van der Waals surface area contributed by atoms with Crippen molar-refractivity contribution in [3.8, 4) is 5.75 Å². The van der Waals surface area contributed by atoms with Crippen molar-refractivity contribution in [3.05, 3.63) is 53.4 Å². The van der Waals surface area contributed by atoms with Gasteiger partial charge in [-0.2, -0.15) is 0 Å². The second-order valence-electron chi connectivity index (χ2n) is 6.29. The van der Waals surface area contributed by atoms with Crippen molar-refractivity contribution >= 4 is 5.91 Å². The molecule has 124 valence electrons. The number of hydrogen-bond acceptors (Lipinski definition) is 4. The van der Waals surface area contributed by atoms with E-state index < -0.39 is 5.82 Å². The van der Waals surface area contributed by atoms with Gasteiger partial charge in [-0.3, -0.25) is 4.79 Å². The predicted octanol–water partition coefficient (Wildman–Crippen LogP) is 2.59. The van der Waals surface area contributed by atoms with Crippen molar-refractivity contribution in [1.82, 2.24) is 14.9 Å². The Morgan fingerprint density at radius 3 is 3.04 bits per heavy atom. The lowest BCUT2D eigenvalue weighted by atomic mass is 9.99. The Hall–Kier alpha value is -2.50. The van der Waals surface area contributed by atoms with Crippen molar-refractivity contribution in [2.45, 2.75) is 38.3 Å². The van der Waals surface area contributed by atoms with Gasteiger partial charge in [-0.25, -0.2) is 14.4 Å². The molecule has 4 rings (SSSR count). The molecule has 0 aliphatic carbocycles. The Balaban J connectivity index is 1.52. The maximum absolute atomic E-state index is 13.6. The number of benzene rings is 1. The van der Waals surface area contributed by atoms with Gasteiger partial charge < -0.3 is 9.64 Å². The Kier molecular flexibility index (Phi) is 3.67. The fourth-order valence-electron chi connectivity index (χ4n) is 3.73. The van der Waals surface area contributed by atoms with E-state index in [0.717, 1.165) is 36.3 Å². The molecule has 2 aliphatic rings. The van der Waals surface area contributed by atoms with Crippen LogP contribution in [-0.2, 0) is 11.2 Å². The molecule has 1 aromatic heterocycles. The molecular weight excluding hydrogens is 309 g/mol. The molecule has 1 amide bonds. The van der Waals surface area contributed by atoms with E-state index >= 15 is 0 Å². The fraction of sp³-hybridized carbons (Fsp3) is 0.389. The third-order valence-corrected chi connectivity index (χ3v) is 4.79. The zero-order valence-electron chi connectivity index (χ0n) is 13.4. The van der Waals surface area contributed by atoms with Crippen LogP contribution in [-0.4, -0.2) is 33.4 Å². The second kappa shape index (κ2) is 5.85. The lowest BCUT2D eigenvalue weighted by Gasteiger charge is -2.35. The average Bonchev–Trinajstić information content (AvgIpc) is 2.89. The molecule has 1 fully saturated rings. The third-order valence-electron chi connectivity index (χ3n) is 4.79. The first-order chi connectivity index (χ1) is 11.6. The number of hydrogen-bond donors (Lipinski definition) is 0. The summed E-state index contributed by atoms with van der Waals surface area (Å²) in [6.07, 6.45) is 4.45. The van der Waals surface area contributed by atoms with Crippen molar-refractivity contribution < 1.29 is 13.9 Å². The highest BCUT2D eigenvalue weighted by molar-refractivity contribution is 5.79. The monoisotopic (exact) mass is 327 g/mol. The Morgan fingerprint density at radius 1 is 1.38 bits per heavy atom. The van der Waals surface area contributed by atoms with E-state index in [-0.39, 0.29) is 30.3 Å². The predicted molar refractivity (Wildman–Crippen MR) is 85.0 cm³/mol. The molecule has 24 heavy (non-hydrogen) atoms. The summed E-state index contributed by atoms with van der Waals surface area (Å²) in [5.41, 5.74) is 2.09. The first kappa shape index (κ1) is 15.1. The zero-order chi connectivity index (χ0) is 16.7. The fourth-order valence-corrected chi connectivity index (χ4v) is 3.73. The molecule has 3 heterocycles. The van der Waals surface area contributed by atoms with Crippen LogP contribution in [0.3, 0.4) is 0 Å². The minimum absolute atomic E-state index is 0.0103. The van der Waals surface area contributed by atoms with Gasteiger partial charge in [0.2, 0.25) is 0 Å². The molecule has 0 N–H and O–H groups in total. The number of nitrogens with zero attached hydrogens (tertiary/aromatic N) is 3. The largest absolute Gasteiger partial charge is 0.481 e. The molecule has 0 saturated carbocycles. The molecule has 5 nitrogen and oxygen atoms in total. The molecule has 6 heteroatoms. The van der Waals surface area contributed by atoms with Gasteiger partial charge >= 0.3 is 0 Å². The summed E-state index contributed by atoms with van der Waals surface area (Å²) in [6.45, 7) is 1.72. The lowest BCUT2D eigenvalue weighted by Crippen LogP contribution is -2.44. The van der Waals surface area contributed by atoms with Crippen molar-refractivity contribution in [2.24, 2.45) is 0 Å². The van der Waals surface area contributed by atoms with Crippen LogP contribution in [0, 0.1) is 12.7 Å². The molecule has 0 spiro atoms. The van der Waals surface area contributed by atoms with Crippen molar-refractivity contribution in [3.63, 3.8) is 0 Å². The number of carbonyl (C=O) groups is 1. The number of rotatable bonds is 3. The van der Waals surface area contributed by atoms with E-state index in [0.29, 0.717) is 0 Å². The second-order valence-corrected chi connectivity index (χ2v) is 6.29. The topological polar surface area (TPSA) is 55.3 Å². The summed E-state index contributed by atoms with van der Waals surface area (Å²) in [5, 5.41) is 0. The van der Waals surface area contributed by atoms with Gasteiger partial charge in [0.15, 0.2) is 18.2 Å². The van der Waals surface area contributed by atoms with Crippen LogP contribution in [0.1, 0.15) is 36.0 Å². The standard InChI is InChI=1S/C18H18FN3O2/c1-11-20-9-13-15(21-11)8-12-6-7-16(13)22(12)18(23)10-24-17-5-3-2-4-14(17)19/h2-5,9,12,16H,6-8,10H2,1H3/t12-,16-/m0/s1. The number of carbonyl (C=O) groups excluding carboxylic acids is 1. The minimum atomic E-state index is -0.457. The first-order valence-electron chi connectivity index (χ1n) is 8.14. The summed E-state index contributed by atoms with van der Waals surface area (Å²) in [6, 6.07) is 6.28. The average molecular weight is 327 g/mol. The highest BCUT2D eigenvalue weighted by Gasteiger charge is 2.43. The molecule has 0 unspecified atom stereocenters. The number of amides is 1. The van der Waals surface area contributed by atoms with E-state index in [4.69, 9.17) is 4.74 Å². The van der Waals surface area contributed by atoms with Crippen LogP contribution >= 0.6 is 0 Å². The summed E-state index contributed by atoms with van der Waals surface area (Å²) in [7, 11) is 0. The SMILES string of the molecule is Cc1ncc2c(n1)C[C@@H]1CC[C@@H]2N1C(=O)COc1ccccc1F. The number of aromatic nitrogens is 2. The van der Waals surface area contributed by atoms with E-state index in [1.54, 1.807) is 12.1 Å². The van der Waals surface area contributed by atoms with Crippen LogP contribution in [0.15, 0.2) is 30.5 Å². The maximum atomic E-state index is 13.6. The highest BCUT2D eigenvalue weighted by atomic mass is 19.1. The maximum Gasteiger partial charge on any atom is 0.261 e. The number of halogens is 1. The summed E-state index contributed by atoms with van der Waals surface area (Å²) in [5.74, 6) is 0.295.